The van der Waals surface area contributed by atoms with Gasteiger partial charge in [0.15, 0.2) is 0 Å². The molecule has 0 bridgehead atoms. The molecule has 1 aromatic rings. The van der Waals surface area contributed by atoms with E-state index in [-0.39, 0.29) is 6.10 Å². The third-order valence-corrected chi connectivity index (χ3v) is 2.33. The van der Waals surface area contributed by atoms with Crippen LogP contribution in [-0.2, 0) is 11.3 Å². The van der Waals surface area contributed by atoms with Crippen LogP contribution >= 0.6 is 0 Å². The molecule has 0 saturated carbocycles. The van der Waals surface area contributed by atoms with Crippen LogP contribution in [-0.4, -0.2) is 29.1 Å². The number of aryl methyl sites for hydroxylation is 2. The molecule has 1 heterocycles. The minimum atomic E-state index is 0.221. The first kappa shape index (κ1) is 13.8. The lowest BCUT2D eigenvalue weighted by Gasteiger charge is -2.11. The van der Waals surface area contributed by atoms with Crippen LogP contribution in [0.25, 0.3) is 0 Å². The van der Waals surface area contributed by atoms with Crippen LogP contribution in [0, 0.1) is 6.92 Å². The first-order valence-corrected chi connectivity index (χ1v) is 6.13. The van der Waals surface area contributed by atoms with Gasteiger partial charge in [0.1, 0.15) is 12.3 Å². The summed E-state index contributed by atoms with van der Waals surface area (Å²) >= 11 is 0. The lowest BCUT2D eigenvalue weighted by atomic mass is 10.4. The van der Waals surface area contributed by atoms with E-state index < -0.39 is 0 Å². The number of hydrogen-bond donors (Lipinski definition) is 1. The van der Waals surface area contributed by atoms with Crippen molar-refractivity contribution in [2.45, 2.75) is 46.8 Å². The molecule has 0 radical (unpaired) electrons. The molecule has 1 rings (SSSR count). The highest BCUT2D eigenvalue weighted by atomic mass is 16.5. The van der Waals surface area contributed by atoms with Crippen molar-refractivity contribution in [3.8, 4) is 5.88 Å². The smallest absolute Gasteiger partial charge is 0.236 e. The van der Waals surface area contributed by atoms with Crippen LogP contribution in [0.1, 0.15) is 32.9 Å². The van der Waals surface area contributed by atoms with Crippen molar-refractivity contribution in [3.63, 3.8) is 0 Å². The van der Waals surface area contributed by atoms with Gasteiger partial charge in [0, 0.05) is 6.54 Å². The largest absolute Gasteiger partial charge is 0.474 e. The second-order valence-electron chi connectivity index (χ2n) is 4.30. The molecule has 0 aliphatic heterocycles. The molecule has 17 heavy (non-hydrogen) atoms. The summed E-state index contributed by atoms with van der Waals surface area (Å²) in [5.41, 5.74) is 7.37. The number of rotatable bonds is 7. The monoisotopic (exact) mass is 241 g/mol. The van der Waals surface area contributed by atoms with E-state index in [4.69, 9.17) is 15.2 Å². The molecule has 0 fully saturated rings. The molecule has 0 spiro atoms. The number of anilines is 1. The van der Waals surface area contributed by atoms with Gasteiger partial charge >= 0.3 is 0 Å². The van der Waals surface area contributed by atoms with Crippen molar-refractivity contribution in [1.82, 2.24) is 9.78 Å². The molecule has 0 aromatic carbocycles. The number of hydrogen-bond acceptors (Lipinski definition) is 4. The predicted octanol–water partition coefficient (Wildman–Crippen LogP) is 1.99. The number of nitrogens with two attached hydrogens (primary N) is 1. The average Bonchev–Trinajstić information content (AvgIpc) is 2.51. The Labute approximate surface area is 103 Å². The van der Waals surface area contributed by atoms with E-state index in [9.17, 15) is 0 Å². The first-order valence-electron chi connectivity index (χ1n) is 6.13. The summed E-state index contributed by atoms with van der Waals surface area (Å²) in [5, 5.41) is 4.34. The van der Waals surface area contributed by atoms with Crippen LogP contribution in [0.15, 0.2) is 0 Å². The summed E-state index contributed by atoms with van der Waals surface area (Å²) in [7, 11) is 0. The second-order valence-corrected chi connectivity index (χ2v) is 4.30. The molecule has 0 amide bonds. The molecule has 2 N–H and O–H groups in total. The summed E-state index contributed by atoms with van der Waals surface area (Å²) < 4.78 is 12.9. The lowest BCUT2D eigenvalue weighted by Crippen LogP contribution is -2.14. The maximum Gasteiger partial charge on any atom is 0.236 e. The van der Waals surface area contributed by atoms with E-state index in [1.54, 1.807) is 0 Å². The average molecular weight is 241 g/mol. The maximum absolute atomic E-state index is 5.93. The Kier molecular flexibility index (Phi) is 5.28. The quantitative estimate of drug-likeness (QED) is 0.741. The van der Waals surface area contributed by atoms with Crippen molar-refractivity contribution in [3.05, 3.63) is 5.69 Å². The van der Waals surface area contributed by atoms with Crippen LogP contribution in [0.2, 0.25) is 0 Å². The maximum atomic E-state index is 5.93. The van der Waals surface area contributed by atoms with E-state index in [2.05, 4.69) is 12.0 Å². The van der Waals surface area contributed by atoms with E-state index in [1.807, 2.05) is 25.5 Å². The van der Waals surface area contributed by atoms with E-state index in [1.165, 1.54) is 0 Å². The fourth-order valence-electron chi connectivity index (χ4n) is 1.51. The summed E-state index contributed by atoms with van der Waals surface area (Å²) in [6.07, 6.45) is 1.22. The Morgan fingerprint density at radius 2 is 2.06 bits per heavy atom. The SMILES string of the molecule is CCCn1nc(C)c(N)c1OCCOC(C)C. The topological polar surface area (TPSA) is 62.3 Å². The van der Waals surface area contributed by atoms with E-state index in [0.29, 0.717) is 24.8 Å². The van der Waals surface area contributed by atoms with Gasteiger partial charge in [0.25, 0.3) is 0 Å². The third-order valence-electron chi connectivity index (χ3n) is 2.33. The lowest BCUT2D eigenvalue weighted by molar-refractivity contribution is 0.0532. The third kappa shape index (κ3) is 3.93. The summed E-state index contributed by atoms with van der Waals surface area (Å²) in [5.74, 6) is 0.664. The zero-order valence-electron chi connectivity index (χ0n) is 11.2. The molecule has 98 valence electrons. The van der Waals surface area contributed by atoms with Crippen molar-refractivity contribution in [2.24, 2.45) is 0 Å². The molecule has 1 aromatic heterocycles. The molecule has 0 unspecified atom stereocenters. The predicted molar refractivity (Wildman–Crippen MR) is 68.3 cm³/mol. The fourth-order valence-corrected chi connectivity index (χ4v) is 1.51. The zero-order chi connectivity index (χ0) is 12.8. The van der Waals surface area contributed by atoms with E-state index >= 15 is 0 Å². The Balaban J connectivity index is 2.56. The minimum absolute atomic E-state index is 0.221. The first-order chi connectivity index (χ1) is 8.06. The normalized spacial score (nSPS) is 11.1. The van der Waals surface area contributed by atoms with Crippen molar-refractivity contribution in [2.75, 3.05) is 18.9 Å². The summed E-state index contributed by atoms with van der Waals surface area (Å²) in [6, 6.07) is 0. The molecule has 5 heteroatoms. The van der Waals surface area contributed by atoms with Crippen molar-refractivity contribution in [1.29, 1.82) is 0 Å². The zero-order valence-corrected chi connectivity index (χ0v) is 11.2. The molecule has 0 atom stereocenters. The van der Waals surface area contributed by atoms with Gasteiger partial charge in [0.2, 0.25) is 5.88 Å². The molecule has 0 aliphatic rings. The number of nitrogen functional groups attached to an aromatic ring is 1. The van der Waals surface area contributed by atoms with Gasteiger partial charge in [-0.3, -0.25) is 0 Å². The van der Waals surface area contributed by atoms with Gasteiger partial charge in [-0.15, -0.1) is 0 Å². The van der Waals surface area contributed by atoms with Crippen LogP contribution in [0.3, 0.4) is 0 Å². The Morgan fingerprint density at radius 3 is 2.65 bits per heavy atom. The molecular formula is C12H23N3O2. The highest BCUT2D eigenvalue weighted by Crippen LogP contribution is 2.24. The molecule has 5 nitrogen and oxygen atoms in total. The highest BCUT2D eigenvalue weighted by Gasteiger charge is 2.13. The number of nitrogens with zero attached hydrogens (tertiary/aromatic N) is 2. The Morgan fingerprint density at radius 1 is 1.35 bits per heavy atom. The molecular weight excluding hydrogens is 218 g/mol. The minimum Gasteiger partial charge on any atom is -0.474 e. The van der Waals surface area contributed by atoms with Crippen LogP contribution < -0.4 is 10.5 Å². The summed E-state index contributed by atoms with van der Waals surface area (Å²) in [6.45, 7) is 9.86. The Bertz CT molecular complexity index is 348. The van der Waals surface area contributed by atoms with Gasteiger partial charge < -0.3 is 15.2 Å². The van der Waals surface area contributed by atoms with Gasteiger partial charge in [-0.2, -0.15) is 5.10 Å². The van der Waals surface area contributed by atoms with Gasteiger partial charge in [-0.25, -0.2) is 4.68 Å². The highest BCUT2D eigenvalue weighted by molar-refractivity contribution is 5.52. The molecule has 0 saturated heterocycles. The molecule has 0 aliphatic carbocycles. The van der Waals surface area contributed by atoms with Gasteiger partial charge in [-0.05, 0) is 27.2 Å². The summed E-state index contributed by atoms with van der Waals surface area (Å²) in [4.78, 5) is 0. The van der Waals surface area contributed by atoms with Crippen molar-refractivity contribution < 1.29 is 9.47 Å². The standard InChI is InChI=1S/C12H23N3O2/c1-5-6-15-12(11(13)10(4)14-15)17-8-7-16-9(2)3/h9H,5-8,13H2,1-4H3. The second kappa shape index (κ2) is 6.49. The van der Waals surface area contributed by atoms with Gasteiger partial charge in [0.05, 0.1) is 18.4 Å². The Hall–Kier alpha value is -1.23. The van der Waals surface area contributed by atoms with Crippen molar-refractivity contribution >= 4 is 5.69 Å². The number of aromatic nitrogens is 2. The number of ether oxygens (including phenoxy) is 2. The van der Waals surface area contributed by atoms with E-state index in [0.717, 1.165) is 18.7 Å². The fraction of sp³-hybridized carbons (Fsp3) is 0.750. The van der Waals surface area contributed by atoms with Gasteiger partial charge in [-0.1, -0.05) is 6.92 Å². The van der Waals surface area contributed by atoms with Crippen LogP contribution in [0.5, 0.6) is 5.88 Å². The van der Waals surface area contributed by atoms with Crippen LogP contribution in [0.4, 0.5) is 5.69 Å².